The van der Waals surface area contributed by atoms with E-state index in [9.17, 15) is 18.3 Å². The van der Waals surface area contributed by atoms with E-state index >= 15 is 0 Å². The molecule has 4 rings (SSSR count). The third-order valence-electron chi connectivity index (χ3n) is 5.53. The maximum Gasteiger partial charge on any atom is 1.00 e. The Morgan fingerprint density at radius 1 is 1.34 bits per heavy atom. The molecule has 32 heavy (non-hydrogen) atoms. The van der Waals surface area contributed by atoms with Gasteiger partial charge in [0.05, 0.1) is 45.6 Å². The molecule has 2 atom stereocenters. The van der Waals surface area contributed by atoms with Gasteiger partial charge in [0, 0.05) is 19.7 Å². The normalized spacial score (nSPS) is 18.5. The molecule has 1 saturated heterocycles. The molecule has 0 spiro atoms. The van der Waals surface area contributed by atoms with E-state index in [1.54, 1.807) is 40.3 Å². The summed E-state index contributed by atoms with van der Waals surface area (Å²) in [6.07, 6.45) is 3.34. The molecule has 0 bridgehead atoms. The topological polar surface area (TPSA) is 110 Å². The summed E-state index contributed by atoms with van der Waals surface area (Å²) in [5.74, 6) is -0.522. The Balaban J connectivity index is 0.00000193. The van der Waals surface area contributed by atoms with Gasteiger partial charge >= 0.3 is 24.8 Å². The van der Waals surface area contributed by atoms with Crippen LogP contribution in [0, 0.1) is 6.92 Å². The Morgan fingerprint density at radius 3 is 2.69 bits per heavy atom. The van der Waals surface area contributed by atoms with Crippen LogP contribution in [0.1, 0.15) is 19.2 Å². The molecule has 0 unspecified atom stereocenters. The first-order chi connectivity index (χ1) is 14.7. The van der Waals surface area contributed by atoms with E-state index in [4.69, 9.17) is 11.6 Å². The number of aliphatic carboxylic acids is 1. The van der Waals surface area contributed by atoms with Crippen molar-refractivity contribution in [2.24, 2.45) is 7.05 Å². The number of carbonyl (C=O) groups is 1. The summed E-state index contributed by atoms with van der Waals surface area (Å²) in [7, 11) is -1.96. The number of carboxylic acids is 1. The first-order valence-corrected chi connectivity index (χ1v) is 11.6. The van der Waals surface area contributed by atoms with Crippen LogP contribution in [0.4, 0.5) is 5.82 Å². The molecular weight excluding hydrogens is 449 g/mol. The van der Waals surface area contributed by atoms with Gasteiger partial charge in [-0.15, -0.1) is 0 Å². The van der Waals surface area contributed by atoms with Crippen LogP contribution in [0.15, 0.2) is 47.8 Å². The van der Waals surface area contributed by atoms with Gasteiger partial charge in [0.25, 0.3) is 0 Å². The van der Waals surface area contributed by atoms with Crippen molar-refractivity contribution in [1.82, 2.24) is 19.3 Å². The maximum absolute atomic E-state index is 13.3. The number of halogens is 1. The number of aryl methyl sites for hydroxylation is 2. The maximum atomic E-state index is 13.3. The molecule has 2 aromatic heterocycles. The number of anilines is 1. The molecule has 0 amide bonds. The van der Waals surface area contributed by atoms with Crippen LogP contribution < -0.4 is 23.8 Å². The summed E-state index contributed by atoms with van der Waals surface area (Å²) in [5, 5.41) is 13.6. The summed E-state index contributed by atoms with van der Waals surface area (Å²) >= 11 is 6.13. The molecular formula is C20H23ClLiN5O4S. The number of sulfone groups is 1. The monoisotopic (exact) mass is 471 g/mol. The smallest absolute Gasteiger partial charge is 1.00 e. The van der Waals surface area contributed by atoms with Crippen LogP contribution in [0.2, 0.25) is 5.02 Å². The van der Waals surface area contributed by atoms with Crippen molar-refractivity contribution in [2.75, 3.05) is 11.4 Å². The fraction of sp³-hybridized carbons (Fsp3) is 0.350. The number of aromatic nitrogens is 4. The zero-order valence-corrected chi connectivity index (χ0v) is 19.6. The van der Waals surface area contributed by atoms with Crippen molar-refractivity contribution in [3.05, 3.63) is 59.3 Å². The van der Waals surface area contributed by atoms with Crippen molar-refractivity contribution >= 4 is 33.2 Å². The first kappa shape index (κ1) is 24.4. The van der Waals surface area contributed by atoms with Gasteiger partial charge in [-0.3, -0.25) is 0 Å². The number of imidazole rings is 1. The molecule has 1 aliphatic heterocycles. The van der Waals surface area contributed by atoms with Crippen LogP contribution in [0.3, 0.4) is 0 Å². The third kappa shape index (κ3) is 4.46. The molecule has 12 heteroatoms. The molecule has 1 aromatic carbocycles. The molecule has 0 aliphatic carbocycles. The Morgan fingerprint density at radius 2 is 2.06 bits per heavy atom. The second kappa shape index (κ2) is 9.31. The summed E-state index contributed by atoms with van der Waals surface area (Å²) < 4.78 is 30.0. The molecule has 0 saturated carbocycles. The summed E-state index contributed by atoms with van der Waals surface area (Å²) in [4.78, 5) is 17.8. The third-order valence-corrected chi connectivity index (χ3v) is 8.16. The average molecular weight is 472 g/mol. The quantitative estimate of drug-likeness (QED) is 0.471. The van der Waals surface area contributed by atoms with Crippen LogP contribution in [-0.2, 0) is 28.2 Å². The van der Waals surface area contributed by atoms with Crippen molar-refractivity contribution in [3.8, 4) is 0 Å². The first-order valence-electron chi connectivity index (χ1n) is 9.66. The Labute approximate surface area is 204 Å². The zero-order chi connectivity index (χ0) is 22.3. The van der Waals surface area contributed by atoms with Crippen molar-refractivity contribution in [3.63, 3.8) is 0 Å². The molecule has 9 nitrogen and oxygen atoms in total. The van der Waals surface area contributed by atoms with Gasteiger partial charge in [0.1, 0.15) is 11.9 Å². The van der Waals surface area contributed by atoms with Gasteiger partial charge in [-0.2, -0.15) is 5.10 Å². The number of hydrogen-bond acceptors (Lipinski definition) is 6. The standard InChI is InChI=1S/C20H22ClN5O4S.Li.H/c1-13-7-19(26(23-13)10-14-9-22-12-24(14)2)25-11-15(8-17(25)20(27)28)31(29,30)18-6-4-3-5-16(18)21;;/h3-7,9,12,15,17H,8,10-11H2,1-2H3,(H,27,28);;/q;+1;-1/t15-,17+;;/m1../s1. The van der Waals surface area contributed by atoms with Gasteiger partial charge < -0.3 is 16.0 Å². The van der Waals surface area contributed by atoms with Crippen LogP contribution in [-0.4, -0.2) is 56.7 Å². The Hall–Kier alpha value is -2.25. The number of carboxylic acid groups (broad SMARTS) is 1. The van der Waals surface area contributed by atoms with E-state index in [2.05, 4.69) is 10.1 Å². The van der Waals surface area contributed by atoms with Gasteiger partial charge in [-0.25, -0.2) is 22.9 Å². The summed E-state index contributed by atoms with van der Waals surface area (Å²) in [6.45, 7) is 2.22. The Bertz CT molecular complexity index is 1250. The van der Waals surface area contributed by atoms with Crippen LogP contribution in [0.25, 0.3) is 0 Å². The second-order valence-electron chi connectivity index (χ2n) is 7.64. The number of nitrogens with zero attached hydrogens (tertiary/aromatic N) is 5. The van der Waals surface area contributed by atoms with E-state index in [1.807, 2.05) is 18.5 Å². The van der Waals surface area contributed by atoms with Crippen molar-refractivity contribution in [1.29, 1.82) is 0 Å². The van der Waals surface area contributed by atoms with Gasteiger partial charge in [-0.05, 0) is 25.5 Å². The largest absolute Gasteiger partial charge is 1.00 e. The molecule has 166 valence electrons. The van der Waals surface area contributed by atoms with Crippen molar-refractivity contribution < 1.29 is 38.6 Å². The van der Waals surface area contributed by atoms with Crippen LogP contribution >= 0.6 is 11.6 Å². The minimum atomic E-state index is -3.82. The predicted molar refractivity (Wildman–Crippen MR) is 116 cm³/mol. The number of benzene rings is 1. The van der Waals surface area contributed by atoms with E-state index < -0.39 is 27.1 Å². The molecule has 1 fully saturated rings. The summed E-state index contributed by atoms with van der Waals surface area (Å²) in [6, 6.07) is 7.00. The SMILES string of the molecule is Cc1cc(N2C[C@H](S(=O)(=O)c3ccccc3Cl)C[C@H]2C(=O)O)n(Cc2cncn2C)n1.[H-].[Li+]. The fourth-order valence-electron chi connectivity index (χ4n) is 3.93. The molecule has 0 radical (unpaired) electrons. The zero-order valence-electron chi connectivity index (χ0n) is 19.0. The molecule has 3 aromatic rings. The van der Waals surface area contributed by atoms with Crippen LogP contribution in [0.5, 0.6) is 0 Å². The fourth-order valence-corrected chi connectivity index (χ4v) is 6.15. The van der Waals surface area contributed by atoms with E-state index in [0.717, 1.165) is 5.69 Å². The number of rotatable bonds is 6. The Kier molecular flexibility index (Phi) is 7.10. The second-order valence-corrected chi connectivity index (χ2v) is 10.2. The van der Waals surface area contributed by atoms with E-state index in [-0.39, 0.29) is 43.2 Å². The van der Waals surface area contributed by atoms with E-state index in [1.165, 1.54) is 12.1 Å². The minimum Gasteiger partial charge on any atom is -1.00 e. The summed E-state index contributed by atoms with van der Waals surface area (Å²) in [5.41, 5.74) is 1.59. The predicted octanol–water partition coefficient (Wildman–Crippen LogP) is -0.751. The average Bonchev–Trinajstić information content (AvgIpc) is 3.41. The molecule has 1 aliphatic rings. The van der Waals surface area contributed by atoms with Gasteiger partial charge in [0.15, 0.2) is 9.84 Å². The van der Waals surface area contributed by atoms with E-state index in [0.29, 0.717) is 18.1 Å². The van der Waals surface area contributed by atoms with Gasteiger partial charge in [-0.1, -0.05) is 23.7 Å². The van der Waals surface area contributed by atoms with Gasteiger partial charge in [0.2, 0.25) is 0 Å². The number of hydrogen-bond donors (Lipinski definition) is 1. The molecule has 1 N–H and O–H groups in total. The van der Waals surface area contributed by atoms with Crippen molar-refractivity contribution in [2.45, 2.75) is 36.1 Å². The minimum absolute atomic E-state index is 0. The molecule has 3 heterocycles.